The van der Waals surface area contributed by atoms with Crippen LogP contribution in [0.4, 0.5) is 5.69 Å². The Hall–Kier alpha value is -1.21. The van der Waals surface area contributed by atoms with E-state index in [2.05, 4.69) is 4.90 Å². The Morgan fingerprint density at radius 3 is 2.76 bits per heavy atom. The SMILES string of the molecule is O=[N+]([O-])c1cccc(Cl)c1CN1CCC(OCCO)CC1. The summed E-state index contributed by atoms with van der Waals surface area (Å²) >= 11 is 6.11. The zero-order valence-corrected chi connectivity index (χ0v) is 12.5. The monoisotopic (exact) mass is 314 g/mol. The quantitative estimate of drug-likeness (QED) is 0.643. The van der Waals surface area contributed by atoms with Gasteiger partial charge in [-0.1, -0.05) is 17.7 Å². The van der Waals surface area contributed by atoms with Crippen LogP contribution in [0.15, 0.2) is 18.2 Å². The Morgan fingerprint density at radius 2 is 2.14 bits per heavy atom. The van der Waals surface area contributed by atoms with Gasteiger partial charge >= 0.3 is 0 Å². The van der Waals surface area contributed by atoms with Crippen molar-refractivity contribution in [3.05, 3.63) is 38.9 Å². The van der Waals surface area contributed by atoms with E-state index in [9.17, 15) is 10.1 Å². The molecule has 116 valence electrons. The molecule has 1 aromatic carbocycles. The van der Waals surface area contributed by atoms with Crippen LogP contribution in [-0.4, -0.2) is 47.3 Å². The molecule has 6 nitrogen and oxygen atoms in total. The molecule has 0 unspecified atom stereocenters. The van der Waals surface area contributed by atoms with Gasteiger partial charge in [-0.2, -0.15) is 0 Å². The lowest BCUT2D eigenvalue weighted by Crippen LogP contribution is -2.37. The average molecular weight is 315 g/mol. The molecular weight excluding hydrogens is 296 g/mol. The lowest BCUT2D eigenvalue weighted by atomic mass is 10.1. The number of piperidine rings is 1. The maximum absolute atomic E-state index is 11.1. The number of aliphatic hydroxyl groups excluding tert-OH is 1. The molecule has 1 N–H and O–H groups in total. The van der Waals surface area contributed by atoms with Crippen LogP contribution >= 0.6 is 11.6 Å². The van der Waals surface area contributed by atoms with Crippen molar-refractivity contribution in [3.8, 4) is 0 Å². The number of nitrogens with zero attached hydrogens (tertiary/aromatic N) is 2. The highest BCUT2D eigenvalue weighted by molar-refractivity contribution is 6.31. The van der Waals surface area contributed by atoms with Crippen LogP contribution in [-0.2, 0) is 11.3 Å². The molecule has 0 radical (unpaired) electrons. The number of hydrogen-bond acceptors (Lipinski definition) is 5. The van der Waals surface area contributed by atoms with Crippen LogP contribution in [0.25, 0.3) is 0 Å². The largest absolute Gasteiger partial charge is 0.394 e. The highest BCUT2D eigenvalue weighted by Crippen LogP contribution is 2.28. The van der Waals surface area contributed by atoms with Crippen LogP contribution in [0.5, 0.6) is 0 Å². The number of benzene rings is 1. The summed E-state index contributed by atoms with van der Waals surface area (Å²) in [6.07, 6.45) is 1.88. The first-order valence-electron chi connectivity index (χ1n) is 6.98. The van der Waals surface area contributed by atoms with E-state index < -0.39 is 4.92 Å². The first kappa shape index (κ1) is 16.2. The van der Waals surface area contributed by atoms with Crippen molar-refractivity contribution >= 4 is 17.3 Å². The van der Waals surface area contributed by atoms with E-state index in [0.29, 0.717) is 23.7 Å². The van der Waals surface area contributed by atoms with Crippen molar-refractivity contribution < 1.29 is 14.8 Å². The Morgan fingerprint density at radius 1 is 1.43 bits per heavy atom. The zero-order chi connectivity index (χ0) is 15.2. The molecular formula is C14H19ClN2O4. The van der Waals surface area contributed by atoms with Crippen LogP contribution in [0, 0.1) is 10.1 Å². The molecule has 1 heterocycles. The molecule has 0 amide bonds. The van der Waals surface area contributed by atoms with Crippen LogP contribution in [0.3, 0.4) is 0 Å². The fourth-order valence-electron chi connectivity index (χ4n) is 2.55. The third-order valence-corrected chi connectivity index (χ3v) is 4.01. The number of nitro benzene ring substituents is 1. The van der Waals surface area contributed by atoms with Crippen molar-refractivity contribution in [1.29, 1.82) is 0 Å². The topological polar surface area (TPSA) is 75.8 Å². The van der Waals surface area contributed by atoms with Gasteiger partial charge in [0.25, 0.3) is 5.69 Å². The summed E-state index contributed by atoms with van der Waals surface area (Å²) < 4.78 is 5.51. The predicted molar refractivity (Wildman–Crippen MR) is 79.4 cm³/mol. The molecule has 1 aliphatic rings. The van der Waals surface area contributed by atoms with Gasteiger partial charge in [0.05, 0.1) is 34.8 Å². The van der Waals surface area contributed by atoms with Gasteiger partial charge in [0.1, 0.15) is 0 Å². The second kappa shape index (κ2) is 7.70. The van der Waals surface area contributed by atoms with E-state index in [4.69, 9.17) is 21.4 Å². The number of aliphatic hydroxyl groups is 1. The molecule has 7 heteroatoms. The number of halogens is 1. The van der Waals surface area contributed by atoms with Crippen LogP contribution < -0.4 is 0 Å². The summed E-state index contributed by atoms with van der Waals surface area (Å²) in [7, 11) is 0. The molecule has 1 saturated heterocycles. The smallest absolute Gasteiger partial charge is 0.275 e. The predicted octanol–water partition coefficient (Wildman–Crippen LogP) is 2.22. The van der Waals surface area contributed by atoms with Crippen molar-refractivity contribution in [2.75, 3.05) is 26.3 Å². The first-order chi connectivity index (χ1) is 10.1. The summed E-state index contributed by atoms with van der Waals surface area (Å²) in [6.45, 7) is 2.48. The summed E-state index contributed by atoms with van der Waals surface area (Å²) in [5, 5.41) is 20.2. The fraction of sp³-hybridized carbons (Fsp3) is 0.571. The highest BCUT2D eigenvalue weighted by Gasteiger charge is 2.23. The molecule has 2 rings (SSSR count). The highest BCUT2D eigenvalue weighted by atomic mass is 35.5. The summed E-state index contributed by atoms with van der Waals surface area (Å²) in [6, 6.07) is 4.76. The van der Waals surface area contributed by atoms with E-state index in [1.807, 2.05) is 0 Å². The lowest BCUT2D eigenvalue weighted by molar-refractivity contribution is -0.385. The third-order valence-electron chi connectivity index (χ3n) is 3.65. The van der Waals surface area contributed by atoms with E-state index in [1.165, 1.54) is 6.07 Å². The van der Waals surface area contributed by atoms with E-state index in [1.54, 1.807) is 12.1 Å². The van der Waals surface area contributed by atoms with Gasteiger partial charge in [-0.25, -0.2) is 0 Å². The summed E-state index contributed by atoms with van der Waals surface area (Å²) in [5.74, 6) is 0. The maximum Gasteiger partial charge on any atom is 0.275 e. The average Bonchev–Trinajstić information content (AvgIpc) is 2.48. The van der Waals surface area contributed by atoms with Crippen molar-refractivity contribution in [1.82, 2.24) is 4.90 Å². The minimum absolute atomic E-state index is 0.0338. The van der Waals surface area contributed by atoms with Gasteiger partial charge in [0.15, 0.2) is 0 Å². The van der Waals surface area contributed by atoms with Crippen LogP contribution in [0.1, 0.15) is 18.4 Å². The van der Waals surface area contributed by atoms with Crippen LogP contribution in [0.2, 0.25) is 5.02 Å². The standard InChI is InChI=1S/C14H19ClN2O4/c15-13-2-1-3-14(17(19)20)12(13)10-16-6-4-11(5-7-16)21-9-8-18/h1-3,11,18H,4-10H2. The molecule has 0 aromatic heterocycles. The Labute approximate surface area is 128 Å². The minimum Gasteiger partial charge on any atom is -0.394 e. The number of rotatable bonds is 6. The fourth-order valence-corrected chi connectivity index (χ4v) is 2.78. The third kappa shape index (κ3) is 4.38. The van der Waals surface area contributed by atoms with Crippen molar-refractivity contribution in [2.45, 2.75) is 25.5 Å². The molecule has 0 atom stereocenters. The normalized spacial score (nSPS) is 17.0. The minimum atomic E-state index is -0.391. The van der Waals surface area contributed by atoms with Gasteiger partial charge in [-0.15, -0.1) is 0 Å². The molecule has 0 saturated carbocycles. The lowest BCUT2D eigenvalue weighted by Gasteiger charge is -2.31. The van der Waals surface area contributed by atoms with Gasteiger partial charge in [0, 0.05) is 25.7 Å². The Bertz CT molecular complexity index is 490. The molecule has 1 aromatic rings. The maximum atomic E-state index is 11.1. The number of hydrogen-bond donors (Lipinski definition) is 1. The van der Waals surface area contributed by atoms with Crippen molar-refractivity contribution in [3.63, 3.8) is 0 Å². The zero-order valence-electron chi connectivity index (χ0n) is 11.7. The summed E-state index contributed by atoms with van der Waals surface area (Å²) in [5.41, 5.74) is 0.639. The number of ether oxygens (including phenoxy) is 1. The van der Waals surface area contributed by atoms with E-state index in [-0.39, 0.29) is 18.4 Å². The van der Waals surface area contributed by atoms with Crippen molar-refractivity contribution in [2.24, 2.45) is 0 Å². The first-order valence-corrected chi connectivity index (χ1v) is 7.36. The molecule has 1 fully saturated rings. The Kier molecular flexibility index (Phi) is 5.93. The molecule has 1 aliphatic heterocycles. The molecule has 0 spiro atoms. The van der Waals surface area contributed by atoms with Gasteiger partial charge in [0.2, 0.25) is 0 Å². The molecule has 0 aliphatic carbocycles. The number of nitro groups is 1. The number of likely N-dealkylation sites (tertiary alicyclic amines) is 1. The second-order valence-corrected chi connectivity index (χ2v) is 5.47. The Balaban J connectivity index is 1.96. The summed E-state index contributed by atoms with van der Waals surface area (Å²) in [4.78, 5) is 12.8. The molecule has 0 bridgehead atoms. The second-order valence-electron chi connectivity index (χ2n) is 5.06. The van der Waals surface area contributed by atoms with Gasteiger partial charge in [-0.05, 0) is 18.9 Å². The van der Waals surface area contributed by atoms with E-state index in [0.717, 1.165) is 25.9 Å². The van der Waals surface area contributed by atoms with Gasteiger partial charge < -0.3 is 9.84 Å². The molecule has 21 heavy (non-hydrogen) atoms. The van der Waals surface area contributed by atoms with Gasteiger partial charge in [-0.3, -0.25) is 15.0 Å². The van der Waals surface area contributed by atoms with E-state index >= 15 is 0 Å².